The van der Waals surface area contributed by atoms with Crippen LogP contribution >= 0.6 is 0 Å². The number of amides is 1. The number of likely N-dealkylation sites (tertiary alicyclic amines) is 1. The molecule has 0 bridgehead atoms. The van der Waals surface area contributed by atoms with E-state index in [0.29, 0.717) is 43.7 Å². The molecule has 3 saturated heterocycles. The first kappa shape index (κ1) is 20.6. The highest BCUT2D eigenvalue weighted by Gasteiger charge is 2.44. The molecule has 7 heteroatoms. The van der Waals surface area contributed by atoms with Gasteiger partial charge in [0.2, 0.25) is 0 Å². The monoisotopic (exact) mass is 403 g/mol. The van der Waals surface area contributed by atoms with Gasteiger partial charge in [-0.05, 0) is 51.5 Å². The van der Waals surface area contributed by atoms with Crippen LogP contribution in [0.1, 0.15) is 29.6 Å². The van der Waals surface area contributed by atoms with E-state index in [0.717, 1.165) is 32.6 Å². The average molecular weight is 404 g/mol. The van der Waals surface area contributed by atoms with Crippen LogP contribution in [-0.4, -0.2) is 99.1 Å². The molecule has 0 aromatic heterocycles. The topological polar surface area (TPSA) is 54.5 Å². The number of para-hydroxylation sites is 1. The zero-order chi connectivity index (χ0) is 20.3. The fourth-order valence-electron chi connectivity index (χ4n) is 4.74. The molecule has 3 aliphatic rings. The number of carbonyl (C=O) groups is 1. The minimum absolute atomic E-state index is 0.0242. The van der Waals surface area contributed by atoms with Crippen molar-refractivity contribution in [3.05, 3.63) is 29.8 Å². The van der Waals surface area contributed by atoms with Gasteiger partial charge in [0.15, 0.2) is 5.79 Å². The Kier molecular flexibility index (Phi) is 6.39. The number of carbonyl (C=O) groups excluding carboxylic acids is 1. The Hall–Kier alpha value is -1.67. The molecule has 1 atom stereocenters. The maximum Gasteiger partial charge on any atom is 0.257 e. The highest BCUT2D eigenvalue weighted by atomic mass is 16.7. The van der Waals surface area contributed by atoms with Gasteiger partial charge in [-0.1, -0.05) is 12.1 Å². The van der Waals surface area contributed by atoms with Crippen LogP contribution in [0, 0.1) is 0 Å². The van der Waals surface area contributed by atoms with Gasteiger partial charge in [-0.25, -0.2) is 0 Å². The number of benzene rings is 1. The van der Waals surface area contributed by atoms with Crippen LogP contribution in [-0.2, 0) is 9.47 Å². The molecule has 160 valence electrons. The molecule has 4 rings (SSSR count). The summed E-state index contributed by atoms with van der Waals surface area (Å²) in [6.07, 6.45) is 3.35. The SMILES string of the molecule is COc1ccccc1C(=O)N1CCOC2(C1)CN(C1CCN(C)CC1)CCCO2. The number of rotatable bonds is 3. The van der Waals surface area contributed by atoms with E-state index < -0.39 is 5.79 Å². The summed E-state index contributed by atoms with van der Waals surface area (Å²) in [7, 11) is 3.79. The van der Waals surface area contributed by atoms with Gasteiger partial charge in [0.25, 0.3) is 5.91 Å². The van der Waals surface area contributed by atoms with Crippen LogP contribution in [0.5, 0.6) is 5.75 Å². The lowest BCUT2D eigenvalue weighted by Gasteiger charge is -2.45. The molecule has 0 saturated carbocycles. The van der Waals surface area contributed by atoms with Crippen molar-refractivity contribution in [3.8, 4) is 5.75 Å². The lowest BCUT2D eigenvalue weighted by Crippen LogP contribution is -2.60. The van der Waals surface area contributed by atoms with Gasteiger partial charge >= 0.3 is 0 Å². The molecule has 0 N–H and O–H groups in total. The summed E-state index contributed by atoms with van der Waals surface area (Å²) in [4.78, 5) is 20.0. The van der Waals surface area contributed by atoms with Gasteiger partial charge in [-0.15, -0.1) is 0 Å². The highest BCUT2D eigenvalue weighted by molar-refractivity contribution is 5.97. The zero-order valence-electron chi connectivity index (χ0n) is 17.6. The predicted molar refractivity (Wildman–Crippen MR) is 110 cm³/mol. The molecule has 1 aromatic rings. The van der Waals surface area contributed by atoms with Gasteiger partial charge in [0.1, 0.15) is 5.75 Å². The van der Waals surface area contributed by atoms with Gasteiger partial charge in [0.05, 0.1) is 39.0 Å². The van der Waals surface area contributed by atoms with Gasteiger partial charge in [0, 0.05) is 19.1 Å². The van der Waals surface area contributed by atoms with Gasteiger partial charge in [-0.3, -0.25) is 9.69 Å². The fraction of sp³-hybridized carbons (Fsp3) is 0.682. The van der Waals surface area contributed by atoms with E-state index >= 15 is 0 Å². The first-order chi connectivity index (χ1) is 14.1. The number of methoxy groups -OCH3 is 1. The Bertz CT molecular complexity index is 707. The van der Waals surface area contributed by atoms with Crippen molar-refractivity contribution < 1.29 is 19.0 Å². The van der Waals surface area contributed by atoms with Gasteiger partial charge < -0.3 is 24.0 Å². The second-order valence-corrected chi connectivity index (χ2v) is 8.39. The van der Waals surface area contributed by atoms with E-state index in [-0.39, 0.29) is 5.91 Å². The molecule has 1 aromatic carbocycles. The second-order valence-electron chi connectivity index (χ2n) is 8.39. The van der Waals surface area contributed by atoms with E-state index in [1.807, 2.05) is 29.2 Å². The lowest BCUT2D eigenvalue weighted by atomic mass is 10.0. The highest BCUT2D eigenvalue weighted by Crippen LogP contribution is 2.29. The summed E-state index contributed by atoms with van der Waals surface area (Å²) >= 11 is 0. The van der Waals surface area contributed by atoms with Crippen molar-refractivity contribution >= 4 is 5.91 Å². The summed E-state index contributed by atoms with van der Waals surface area (Å²) in [6, 6.07) is 7.96. The van der Waals surface area contributed by atoms with Crippen LogP contribution in [0.2, 0.25) is 0 Å². The average Bonchev–Trinajstić information content (AvgIpc) is 2.96. The Morgan fingerprint density at radius 3 is 2.62 bits per heavy atom. The van der Waals surface area contributed by atoms with E-state index in [9.17, 15) is 4.79 Å². The van der Waals surface area contributed by atoms with E-state index in [2.05, 4.69) is 16.8 Å². The lowest BCUT2D eigenvalue weighted by molar-refractivity contribution is -0.262. The zero-order valence-corrected chi connectivity index (χ0v) is 17.6. The largest absolute Gasteiger partial charge is 0.496 e. The van der Waals surface area contributed by atoms with Crippen molar-refractivity contribution in [2.75, 3.05) is 66.6 Å². The molecule has 1 amide bonds. The summed E-state index contributed by atoms with van der Waals surface area (Å²) < 4.78 is 17.8. The molecule has 3 heterocycles. The van der Waals surface area contributed by atoms with Crippen LogP contribution < -0.4 is 4.74 Å². The first-order valence-electron chi connectivity index (χ1n) is 10.7. The number of nitrogens with zero attached hydrogens (tertiary/aromatic N) is 3. The number of hydrogen-bond acceptors (Lipinski definition) is 6. The standard InChI is InChI=1S/C22H33N3O4/c1-23-11-8-18(9-12-23)24-10-5-14-28-22(16-24)17-25(13-15-29-22)21(26)19-6-3-4-7-20(19)27-2/h3-4,6-7,18H,5,8-17H2,1-2H3. The van der Waals surface area contributed by atoms with E-state index in [4.69, 9.17) is 14.2 Å². The maximum absolute atomic E-state index is 13.2. The van der Waals surface area contributed by atoms with Crippen LogP contribution in [0.3, 0.4) is 0 Å². The third-order valence-electron chi connectivity index (χ3n) is 6.39. The number of ether oxygens (including phenoxy) is 3. The van der Waals surface area contributed by atoms with Gasteiger partial charge in [-0.2, -0.15) is 0 Å². The number of piperidine rings is 1. The van der Waals surface area contributed by atoms with Crippen molar-refractivity contribution in [1.82, 2.24) is 14.7 Å². The predicted octanol–water partition coefficient (Wildman–Crippen LogP) is 1.68. The minimum atomic E-state index is -0.740. The third-order valence-corrected chi connectivity index (χ3v) is 6.39. The molecular weight excluding hydrogens is 370 g/mol. The normalized spacial score (nSPS) is 27.7. The van der Waals surface area contributed by atoms with Crippen molar-refractivity contribution in [3.63, 3.8) is 0 Å². The first-order valence-corrected chi connectivity index (χ1v) is 10.7. The molecular formula is C22H33N3O4. The Balaban J connectivity index is 1.48. The number of hydrogen-bond donors (Lipinski definition) is 0. The second kappa shape index (κ2) is 9.00. The summed E-state index contributed by atoms with van der Waals surface area (Å²) in [6.45, 7) is 6.19. The van der Waals surface area contributed by atoms with E-state index in [1.165, 1.54) is 12.8 Å². The smallest absolute Gasteiger partial charge is 0.257 e. The van der Waals surface area contributed by atoms with Crippen molar-refractivity contribution in [1.29, 1.82) is 0 Å². The minimum Gasteiger partial charge on any atom is -0.496 e. The third kappa shape index (κ3) is 4.58. The van der Waals surface area contributed by atoms with Crippen LogP contribution in [0.15, 0.2) is 24.3 Å². The summed E-state index contributed by atoms with van der Waals surface area (Å²) in [5.74, 6) is -0.160. The fourth-order valence-corrected chi connectivity index (χ4v) is 4.74. The summed E-state index contributed by atoms with van der Waals surface area (Å²) in [5, 5.41) is 0. The molecule has 3 aliphatic heterocycles. The van der Waals surface area contributed by atoms with E-state index in [1.54, 1.807) is 7.11 Å². The molecule has 7 nitrogen and oxygen atoms in total. The molecule has 0 aliphatic carbocycles. The maximum atomic E-state index is 13.2. The Morgan fingerprint density at radius 2 is 1.83 bits per heavy atom. The van der Waals surface area contributed by atoms with Crippen molar-refractivity contribution in [2.24, 2.45) is 0 Å². The van der Waals surface area contributed by atoms with Crippen molar-refractivity contribution in [2.45, 2.75) is 31.1 Å². The Labute approximate surface area is 173 Å². The quantitative estimate of drug-likeness (QED) is 0.766. The summed E-state index contributed by atoms with van der Waals surface area (Å²) in [5.41, 5.74) is 0.591. The number of morpholine rings is 1. The molecule has 3 fully saturated rings. The van der Waals surface area contributed by atoms with Crippen LogP contribution in [0.4, 0.5) is 0 Å². The molecule has 1 spiro atoms. The Morgan fingerprint density at radius 1 is 1.07 bits per heavy atom. The molecule has 29 heavy (non-hydrogen) atoms. The van der Waals surface area contributed by atoms with Crippen LogP contribution in [0.25, 0.3) is 0 Å². The molecule has 0 radical (unpaired) electrons. The molecule has 1 unspecified atom stereocenters.